The Labute approximate surface area is 156 Å². The maximum absolute atomic E-state index is 13.3. The number of piperazine rings is 1. The minimum absolute atomic E-state index is 0.00157. The molecule has 1 amide bonds. The molecule has 1 aromatic carbocycles. The second-order valence-corrected chi connectivity index (χ2v) is 9.20. The molecule has 1 aromatic rings. The Morgan fingerprint density at radius 2 is 1.62 bits per heavy atom. The summed E-state index contributed by atoms with van der Waals surface area (Å²) in [5.41, 5.74) is 3.59. The summed E-state index contributed by atoms with van der Waals surface area (Å²) in [7, 11) is -3.57. The lowest BCUT2D eigenvalue weighted by molar-refractivity contribution is -0.142. The normalized spacial score (nSPS) is 22.0. The van der Waals surface area contributed by atoms with Crippen molar-refractivity contribution in [2.45, 2.75) is 51.5 Å². The Morgan fingerprint density at radius 3 is 2.12 bits per heavy atom. The van der Waals surface area contributed by atoms with E-state index in [1.807, 2.05) is 33.8 Å². The van der Waals surface area contributed by atoms with Crippen molar-refractivity contribution in [3.05, 3.63) is 28.3 Å². The van der Waals surface area contributed by atoms with E-state index in [1.165, 1.54) is 4.31 Å². The fraction of sp³-hybridized carbons (Fsp3) is 0.632. The average molecular weight is 381 g/mol. The maximum atomic E-state index is 13.3. The Bertz CT molecular complexity index is 779. The molecule has 7 heteroatoms. The van der Waals surface area contributed by atoms with Crippen LogP contribution >= 0.6 is 0 Å². The molecular weight excluding hydrogens is 352 g/mol. The molecule has 0 radical (unpaired) electrons. The standard InChI is InChI=1S/C19H28N2O4S/c1-13-12-14(2)16(4)18(15(13)3)26(23,24)21-9-7-20(8-10-21)19(22)17-6-5-11-25-17/h12,17H,5-11H2,1-4H3/t17-/m0/s1. The zero-order chi connectivity index (χ0) is 19.1. The Morgan fingerprint density at radius 1 is 1.04 bits per heavy atom. The third-order valence-electron chi connectivity index (χ3n) is 5.65. The molecule has 2 saturated heterocycles. The second-order valence-electron chi connectivity index (χ2n) is 7.32. The predicted molar refractivity (Wildman–Crippen MR) is 99.7 cm³/mol. The van der Waals surface area contributed by atoms with E-state index in [1.54, 1.807) is 4.90 Å². The van der Waals surface area contributed by atoms with E-state index in [0.29, 0.717) is 37.7 Å². The van der Waals surface area contributed by atoms with E-state index < -0.39 is 10.0 Å². The van der Waals surface area contributed by atoms with Crippen LogP contribution in [0.4, 0.5) is 0 Å². The van der Waals surface area contributed by atoms with Crippen molar-refractivity contribution in [3.63, 3.8) is 0 Å². The van der Waals surface area contributed by atoms with Crippen LogP contribution in [0.2, 0.25) is 0 Å². The van der Waals surface area contributed by atoms with Gasteiger partial charge in [0.1, 0.15) is 6.10 Å². The molecule has 1 atom stereocenters. The lowest BCUT2D eigenvalue weighted by Crippen LogP contribution is -2.52. The monoisotopic (exact) mass is 380 g/mol. The first-order valence-electron chi connectivity index (χ1n) is 9.21. The molecule has 2 aliphatic heterocycles. The van der Waals surface area contributed by atoms with Crippen molar-refractivity contribution >= 4 is 15.9 Å². The van der Waals surface area contributed by atoms with E-state index in [4.69, 9.17) is 4.74 Å². The summed E-state index contributed by atoms with van der Waals surface area (Å²) in [6.45, 7) is 9.74. The number of rotatable bonds is 3. The number of carbonyl (C=O) groups excluding carboxylic acids is 1. The predicted octanol–water partition coefficient (Wildman–Crippen LogP) is 1.93. The zero-order valence-electron chi connectivity index (χ0n) is 16.0. The third-order valence-corrected chi connectivity index (χ3v) is 7.82. The number of sulfonamides is 1. The van der Waals surface area contributed by atoms with Gasteiger partial charge in [-0.25, -0.2) is 8.42 Å². The largest absolute Gasteiger partial charge is 0.368 e. The van der Waals surface area contributed by atoms with Crippen molar-refractivity contribution in [1.29, 1.82) is 0 Å². The lowest BCUT2D eigenvalue weighted by atomic mass is 10.0. The Kier molecular flexibility index (Phi) is 5.42. The molecule has 2 aliphatic rings. The van der Waals surface area contributed by atoms with E-state index in [-0.39, 0.29) is 12.0 Å². The number of hydrogen-bond acceptors (Lipinski definition) is 4. The van der Waals surface area contributed by atoms with Gasteiger partial charge < -0.3 is 9.64 Å². The molecular formula is C19H28N2O4S. The minimum atomic E-state index is -3.57. The summed E-state index contributed by atoms with van der Waals surface area (Å²) in [6, 6.07) is 2.03. The van der Waals surface area contributed by atoms with Gasteiger partial charge in [0.15, 0.2) is 0 Å². The van der Waals surface area contributed by atoms with Crippen molar-refractivity contribution in [2.75, 3.05) is 32.8 Å². The van der Waals surface area contributed by atoms with E-state index in [0.717, 1.165) is 35.1 Å². The first kappa shape index (κ1) is 19.3. The van der Waals surface area contributed by atoms with Crippen molar-refractivity contribution < 1.29 is 17.9 Å². The van der Waals surface area contributed by atoms with E-state index in [2.05, 4.69) is 0 Å². The van der Waals surface area contributed by atoms with Gasteiger partial charge in [0.25, 0.3) is 5.91 Å². The molecule has 0 saturated carbocycles. The highest BCUT2D eigenvalue weighted by Gasteiger charge is 2.35. The van der Waals surface area contributed by atoms with Crippen molar-refractivity contribution in [3.8, 4) is 0 Å². The summed E-state index contributed by atoms with van der Waals surface area (Å²) >= 11 is 0. The lowest BCUT2D eigenvalue weighted by Gasteiger charge is -2.35. The van der Waals surface area contributed by atoms with Crippen LogP contribution in [0.5, 0.6) is 0 Å². The van der Waals surface area contributed by atoms with Crippen LogP contribution in [0.3, 0.4) is 0 Å². The topological polar surface area (TPSA) is 66.9 Å². The summed E-state index contributed by atoms with van der Waals surface area (Å²) in [4.78, 5) is 14.6. The van der Waals surface area contributed by atoms with Gasteiger partial charge in [0.2, 0.25) is 10.0 Å². The number of ether oxygens (including phenoxy) is 1. The molecule has 0 spiro atoms. The molecule has 2 fully saturated rings. The van der Waals surface area contributed by atoms with Crippen LogP contribution in [-0.2, 0) is 19.6 Å². The molecule has 26 heavy (non-hydrogen) atoms. The summed E-state index contributed by atoms with van der Waals surface area (Å²) in [5, 5.41) is 0. The summed E-state index contributed by atoms with van der Waals surface area (Å²) in [6.07, 6.45) is 1.33. The smallest absolute Gasteiger partial charge is 0.251 e. The first-order chi connectivity index (χ1) is 12.2. The van der Waals surface area contributed by atoms with Crippen LogP contribution in [0, 0.1) is 27.7 Å². The number of aryl methyl sites for hydroxylation is 2. The number of nitrogens with zero attached hydrogens (tertiary/aromatic N) is 2. The molecule has 0 unspecified atom stereocenters. The third kappa shape index (κ3) is 3.40. The van der Waals surface area contributed by atoms with Crippen LogP contribution in [0.1, 0.15) is 35.1 Å². The highest BCUT2D eigenvalue weighted by atomic mass is 32.2. The fourth-order valence-electron chi connectivity index (χ4n) is 3.82. The number of amides is 1. The highest BCUT2D eigenvalue weighted by Crippen LogP contribution is 2.29. The summed E-state index contributed by atoms with van der Waals surface area (Å²) in [5.74, 6) is -0.00157. The number of carbonyl (C=O) groups is 1. The van der Waals surface area contributed by atoms with Gasteiger partial charge in [-0.15, -0.1) is 0 Å². The molecule has 2 heterocycles. The van der Waals surface area contributed by atoms with Crippen LogP contribution in [-0.4, -0.2) is 62.4 Å². The fourth-order valence-corrected chi connectivity index (χ4v) is 5.82. The number of benzene rings is 1. The molecule has 0 bridgehead atoms. The van der Waals surface area contributed by atoms with Gasteiger partial charge in [0, 0.05) is 32.8 Å². The van der Waals surface area contributed by atoms with E-state index in [9.17, 15) is 13.2 Å². The van der Waals surface area contributed by atoms with Crippen LogP contribution in [0.25, 0.3) is 0 Å². The molecule has 0 aliphatic carbocycles. The zero-order valence-corrected chi connectivity index (χ0v) is 16.9. The maximum Gasteiger partial charge on any atom is 0.251 e. The molecule has 0 aromatic heterocycles. The van der Waals surface area contributed by atoms with Gasteiger partial charge in [-0.05, 0) is 62.8 Å². The van der Waals surface area contributed by atoms with Gasteiger partial charge in [0.05, 0.1) is 4.90 Å². The highest BCUT2D eigenvalue weighted by molar-refractivity contribution is 7.89. The van der Waals surface area contributed by atoms with Crippen LogP contribution in [0.15, 0.2) is 11.0 Å². The van der Waals surface area contributed by atoms with Gasteiger partial charge in [-0.3, -0.25) is 4.79 Å². The summed E-state index contributed by atoms with van der Waals surface area (Å²) < 4.78 is 33.5. The van der Waals surface area contributed by atoms with Gasteiger partial charge >= 0.3 is 0 Å². The van der Waals surface area contributed by atoms with Gasteiger partial charge in [-0.2, -0.15) is 4.31 Å². The molecule has 0 N–H and O–H groups in total. The molecule has 6 nitrogen and oxygen atoms in total. The van der Waals surface area contributed by atoms with Gasteiger partial charge in [-0.1, -0.05) is 6.07 Å². The average Bonchev–Trinajstić information content (AvgIpc) is 3.14. The van der Waals surface area contributed by atoms with Crippen molar-refractivity contribution in [2.24, 2.45) is 0 Å². The van der Waals surface area contributed by atoms with Crippen molar-refractivity contribution in [1.82, 2.24) is 9.21 Å². The quantitative estimate of drug-likeness (QED) is 0.804. The molecule has 3 rings (SSSR count). The molecule has 144 valence electrons. The minimum Gasteiger partial charge on any atom is -0.368 e. The first-order valence-corrected chi connectivity index (χ1v) is 10.7. The number of hydrogen-bond donors (Lipinski definition) is 0. The SMILES string of the molecule is Cc1cc(C)c(C)c(S(=O)(=O)N2CCN(C(=O)[C@@H]3CCCO3)CC2)c1C. The van der Waals surface area contributed by atoms with E-state index >= 15 is 0 Å². The Balaban J connectivity index is 1.78. The van der Waals surface area contributed by atoms with Crippen LogP contribution < -0.4 is 0 Å². The Hall–Kier alpha value is -1.44. The second kappa shape index (κ2) is 7.29.